The number of ether oxygens (including phenoxy) is 2. The van der Waals surface area contributed by atoms with Crippen molar-refractivity contribution >= 4 is 11.9 Å². The summed E-state index contributed by atoms with van der Waals surface area (Å²) in [5.74, 6) is 0.160. The van der Waals surface area contributed by atoms with E-state index >= 15 is 0 Å². The minimum atomic E-state index is -0.981. The first kappa shape index (κ1) is 22.7. The lowest BCUT2D eigenvalue weighted by Gasteiger charge is -2.40. The molecule has 5 nitrogen and oxygen atoms in total. The highest BCUT2D eigenvalue weighted by Gasteiger charge is 2.61. The second kappa shape index (κ2) is 8.81. The maximum absolute atomic E-state index is 12.4. The van der Waals surface area contributed by atoms with Gasteiger partial charge in [0.1, 0.15) is 0 Å². The van der Waals surface area contributed by atoms with Gasteiger partial charge in [0.15, 0.2) is 0 Å². The van der Waals surface area contributed by atoms with Gasteiger partial charge >= 0.3 is 11.9 Å². The standard InChI is InChI=1S/C20H32O3.C3H4O2/c1-13(16(18(21)22-5)12-15-7-6-10-23-15)17-11-14-8-9-20(17,4)19(14,2)3;1-2-3(4)5/h14-15,17H,6-12H2,1-5H3;2H,1H2,(H,4,5)/t14-,15?,17?,20-;/m1./s1. The second-order valence-corrected chi connectivity index (χ2v) is 9.20. The van der Waals surface area contributed by atoms with E-state index in [9.17, 15) is 9.59 Å². The van der Waals surface area contributed by atoms with Crippen LogP contribution in [-0.2, 0) is 19.1 Å². The van der Waals surface area contributed by atoms with Gasteiger partial charge in [0.05, 0.1) is 13.2 Å². The number of fused-ring (bicyclic) bond motifs is 2. The van der Waals surface area contributed by atoms with Gasteiger partial charge in [-0.2, -0.15) is 0 Å². The predicted octanol–water partition coefficient (Wildman–Crippen LogP) is 4.76. The molecule has 28 heavy (non-hydrogen) atoms. The smallest absolute Gasteiger partial charge is 0.333 e. The molecule has 2 bridgehead atoms. The average Bonchev–Trinajstić information content (AvgIpc) is 3.30. The third kappa shape index (κ3) is 4.19. The zero-order chi connectivity index (χ0) is 21.1. The summed E-state index contributed by atoms with van der Waals surface area (Å²) in [5.41, 5.74) is 2.82. The van der Waals surface area contributed by atoms with Crippen molar-refractivity contribution in [3.05, 3.63) is 23.8 Å². The zero-order valence-corrected chi connectivity index (χ0v) is 18.0. The number of hydrogen-bond acceptors (Lipinski definition) is 4. The van der Waals surface area contributed by atoms with Crippen LogP contribution < -0.4 is 0 Å². The fraction of sp³-hybridized carbons (Fsp3) is 0.739. The molecule has 3 rings (SSSR count). The molecule has 0 aromatic heterocycles. The second-order valence-electron chi connectivity index (χ2n) is 9.20. The lowest BCUT2D eigenvalue weighted by molar-refractivity contribution is -0.136. The summed E-state index contributed by atoms with van der Waals surface area (Å²) in [5, 5.41) is 7.60. The average molecular weight is 393 g/mol. The van der Waals surface area contributed by atoms with Crippen LogP contribution in [0.3, 0.4) is 0 Å². The van der Waals surface area contributed by atoms with Gasteiger partial charge in [-0.05, 0) is 61.7 Å². The van der Waals surface area contributed by atoms with Crippen LogP contribution in [0.4, 0.5) is 0 Å². The Morgan fingerprint density at radius 2 is 1.93 bits per heavy atom. The molecule has 1 saturated heterocycles. The molecule has 0 aromatic carbocycles. The number of rotatable bonds is 5. The third-order valence-corrected chi connectivity index (χ3v) is 7.85. The molecule has 0 spiro atoms. The summed E-state index contributed by atoms with van der Waals surface area (Å²) < 4.78 is 10.9. The number of carbonyl (C=O) groups is 2. The molecule has 158 valence electrons. The zero-order valence-electron chi connectivity index (χ0n) is 18.0. The summed E-state index contributed by atoms with van der Waals surface area (Å²) in [6.07, 6.45) is 7.75. The maximum atomic E-state index is 12.4. The van der Waals surface area contributed by atoms with Gasteiger partial charge in [-0.25, -0.2) is 9.59 Å². The first-order valence-corrected chi connectivity index (χ1v) is 10.3. The van der Waals surface area contributed by atoms with Crippen molar-refractivity contribution < 1.29 is 24.2 Å². The molecule has 0 amide bonds. The van der Waals surface area contributed by atoms with Gasteiger partial charge in [-0.1, -0.05) is 32.9 Å². The summed E-state index contributed by atoms with van der Waals surface area (Å²) >= 11 is 0. The Balaban J connectivity index is 0.000000500. The number of methoxy groups -OCH3 is 1. The van der Waals surface area contributed by atoms with Gasteiger partial charge in [0, 0.05) is 24.7 Å². The van der Waals surface area contributed by atoms with Crippen molar-refractivity contribution in [3.8, 4) is 0 Å². The number of hydrogen-bond donors (Lipinski definition) is 1. The number of aliphatic carboxylic acids is 1. The Morgan fingerprint density at radius 1 is 1.29 bits per heavy atom. The van der Waals surface area contributed by atoms with Crippen LogP contribution in [0.2, 0.25) is 0 Å². The Morgan fingerprint density at radius 3 is 2.32 bits per heavy atom. The monoisotopic (exact) mass is 392 g/mol. The number of carbonyl (C=O) groups excluding carboxylic acids is 1. The van der Waals surface area contributed by atoms with Crippen molar-refractivity contribution in [3.63, 3.8) is 0 Å². The largest absolute Gasteiger partial charge is 0.478 e. The molecule has 0 radical (unpaired) electrons. The van der Waals surface area contributed by atoms with Crippen LogP contribution in [0, 0.1) is 22.7 Å². The van der Waals surface area contributed by atoms with E-state index in [1.54, 1.807) is 0 Å². The van der Waals surface area contributed by atoms with E-state index in [0.29, 0.717) is 16.7 Å². The normalized spacial score (nSPS) is 33.5. The minimum Gasteiger partial charge on any atom is -0.478 e. The van der Waals surface area contributed by atoms with Crippen LogP contribution in [0.5, 0.6) is 0 Å². The van der Waals surface area contributed by atoms with Crippen LogP contribution in [0.25, 0.3) is 0 Å². The molecular weight excluding hydrogens is 356 g/mol. The van der Waals surface area contributed by atoms with E-state index in [4.69, 9.17) is 14.6 Å². The molecule has 2 unspecified atom stereocenters. The lowest BCUT2D eigenvalue weighted by atomic mass is 9.64. The first-order chi connectivity index (χ1) is 13.1. The van der Waals surface area contributed by atoms with Crippen molar-refractivity contribution in [1.29, 1.82) is 0 Å². The highest BCUT2D eigenvalue weighted by molar-refractivity contribution is 5.89. The Kier molecular flexibility index (Phi) is 7.13. The minimum absolute atomic E-state index is 0.151. The van der Waals surface area contributed by atoms with Crippen molar-refractivity contribution in [1.82, 2.24) is 0 Å². The predicted molar refractivity (Wildman–Crippen MR) is 109 cm³/mol. The quantitative estimate of drug-likeness (QED) is 0.539. The SMILES string of the molecule is C=CC(=O)O.COC(=O)C(CC1CCCO1)=C(C)C1C[C@H]2CC[C@@]1(C)C2(C)C. The van der Waals surface area contributed by atoms with Gasteiger partial charge in [0.25, 0.3) is 0 Å². The van der Waals surface area contributed by atoms with Crippen LogP contribution in [0.1, 0.15) is 66.2 Å². The Hall–Kier alpha value is -1.62. The summed E-state index contributed by atoms with van der Waals surface area (Å²) in [4.78, 5) is 21.7. The van der Waals surface area contributed by atoms with E-state index < -0.39 is 5.97 Å². The summed E-state index contributed by atoms with van der Waals surface area (Å²) in [6, 6.07) is 0. The van der Waals surface area contributed by atoms with Gasteiger partial charge in [0.2, 0.25) is 0 Å². The highest BCUT2D eigenvalue weighted by Crippen LogP contribution is 2.69. The molecule has 4 atom stereocenters. The van der Waals surface area contributed by atoms with Crippen LogP contribution in [0.15, 0.2) is 23.8 Å². The molecule has 2 aliphatic carbocycles. The van der Waals surface area contributed by atoms with E-state index in [2.05, 4.69) is 34.3 Å². The van der Waals surface area contributed by atoms with Crippen LogP contribution in [-0.4, -0.2) is 36.9 Å². The number of carboxylic acids is 1. The van der Waals surface area contributed by atoms with Crippen molar-refractivity contribution in [2.24, 2.45) is 22.7 Å². The van der Waals surface area contributed by atoms with Crippen molar-refractivity contribution in [2.75, 3.05) is 13.7 Å². The fourth-order valence-corrected chi connectivity index (χ4v) is 5.63. The van der Waals surface area contributed by atoms with E-state index in [1.165, 1.54) is 31.9 Å². The van der Waals surface area contributed by atoms with Crippen LogP contribution >= 0.6 is 0 Å². The molecule has 1 aliphatic heterocycles. The molecule has 5 heteroatoms. The number of allylic oxidation sites excluding steroid dienone is 1. The topological polar surface area (TPSA) is 72.8 Å². The molecule has 3 fully saturated rings. The summed E-state index contributed by atoms with van der Waals surface area (Å²) in [6.45, 7) is 13.3. The van der Waals surface area contributed by atoms with Gasteiger partial charge in [-0.15, -0.1) is 0 Å². The first-order valence-electron chi connectivity index (χ1n) is 10.3. The molecule has 2 saturated carbocycles. The Labute approximate surface area is 169 Å². The van der Waals surface area contributed by atoms with Gasteiger partial charge in [-0.3, -0.25) is 0 Å². The van der Waals surface area contributed by atoms with Gasteiger partial charge < -0.3 is 14.6 Å². The maximum Gasteiger partial charge on any atom is 0.333 e. The van der Waals surface area contributed by atoms with Crippen molar-refractivity contribution in [2.45, 2.75) is 72.3 Å². The van der Waals surface area contributed by atoms with E-state index in [1.807, 2.05) is 0 Å². The molecule has 0 aromatic rings. The Bertz CT molecular complexity index is 641. The van der Waals surface area contributed by atoms with E-state index in [0.717, 1.165) is 43.4 Å². The fourth-order valence-electron chi connectivity index (χ4n) is 5.63. The molecule has 1 N–H and O–H groups in total. The summed E-state index contributed by atoms with van der Waals surface area (Å²) in [7, 11) is 1.50. The lowest BCUT2D eigenvalue weighted by Crippen LogP contribution is -2.33. The highest BCUT2D eigenvalue weighted by atomic mass is 16.5. The molecular formula is C23H36O5. The molecule has 3 aliphatic rings. The third-order valence-electron chi connectivity index (χ3n) is 7.85. The van der Waals surface area contributed by atoms with E-state index in [-0.39, 0.29) is 12.1 Å². The number of esters is 1. The number of carboxylic acid groups (broad SMARTS) is 1. The molecule has 1 heterocycles.